The van der Waals surface area contributed by atoms with E-state index >= 15 is 0 Å². The van der Waals surface area contributed by atoms with E-state index in [9.17, 15) is 9.59 Å². The first-order valence-electron chi connectivity index (χ1n) is 9.10. The Hall–Kier alpha value is -3.87. The number of rotatable bonds is 7. The molecule has 3 aromatic rings. The molecule has 0 fully saturated rings. The van der Waals surface area contributed by atoms with Gasteiger partial charge in [0.05, 0.1) is 11.3 Å². The molecule has 2 amide bonds. The smallest absolute Gasteiger partial charge is 0.253 e. The van der Waals surface area contributed by atoms with E-state index < -0.39 is 5.91 Å². The van der Waals surface area contributed by atoms with Crippen molar-refractivity contribution in [1.29, 1.82) is 0 Å². The van der Waals surface area contributed by atoms with Crippen LogP contribution < -0.4 is 16.4 Å². The lowest BCUT2D eigenvalue weighted by molar-refractivity contribution is 0.0827. The van der Waals surface area contributed by atoms with Gasteiger partial charge in [-0.25, -0.2) is 4.98 Å². The molecule has 30 heavy (non-hydrogen) atoms. The summed E-state index contributed by atoms with van der Waals surface area (Å²) in [6.07, 6.45) is 1.45. The molecule has 4 N–H and O–H groups in total. The normalized spacial score (nSPS) is 9.93. The van der Waals surface area contributed by atoms with Gasteiger partial charge < -0.3 is 21.3 Å². The number of pyridine rings is 1. The maximum absolute atomic E-state index is 12.0. The van der Waals surface area contributed by atoms with Crippen molar-refractivity contribution in [1.82, 2.24) is 9.88 Å². The Balaban J connectivity index is 0.00000320. The summed E-state index contributed by atoms with van der Waals surface area (Å²) in [6.45, 7) is 0.548. The van der Waals surface area contributed by atoms with Crippen LogP contribution in [0.3, 0.4) is 0 Å². The molecule has 7 heteroatoms. The molecule has 0 aliphatic rings. The lowest BCUT2D eigenvalue weighted by Gasteiger charge is -2.13. The Morgan fingerprint density at radius 3 is 2.30 bits per heavy atom. The van der Waals surface area contributed by atoms with E-state index in [1.807, 2.05) is 30.3 Å². The number of carbonyl (C=O) groups excluding carboxylic acids is 2. The second-order valence-electron chi connectivity index (χ2n) is 6.72. The summed E-state index contributed by atoms with van der Waals surface area (Å²) >= 11 is 0. The minimum Gasteiger partial charge on any atom is -0.380 e. The standard InChI is InChI=1S/C22H23N5O2.CH4/c1-27(2)22(29)16-8-10-17(11-9-16)26-20-12-19(18(14-25-20)21(23)28)24-13-15-6-4-3-5-7-15;/h3-12,14H,13H2,1-2H3,(H2,23,28)(H2,24,25,26);1H4. The highest BCUT2D eigenvalue weighted by Crippen LogP contribution is 2.22. The number of amides is 2. The number of nitrogens with zero attached hydrogens (tertiary/aromatic N) is 2. The Bertz CT molecular complexity index is 1000. The molecule has 0 bridgehead atoms. The monoisotopic (exact) mass is 405 g/mol. The van der Waals surface area contributed by atoms with Crippen molar-refractivity contribution in [3.8, 4) is 0 Å². The second-order valence-corrected chi connectivity index (χ2v) is 6.72. The van der Waals surface area contributed by atoms with Gasteiger partial charge in [0.1, 0.15) is 5.82 Å². The summed E-state index contributed by atoms with van der Waals surface area (Å²) in [5.41, 5.74) is 8.84. The Labute approximate surface area is 176 Å². The van der Waals surface area contributed by atoms with Crippen LogP contribution in [-0.4, -0.2) is 35.8 Å². The van der Waals surface area contributed by atoms with E-state index in [-0.39, 0.29) is 13.3 Å². The summed E-state index contributed by atoms with van der Waals surface area (Å²) in [6, 6.07) is 18.7. The van der Waals surface area contributed by atoms with Crippen LogP contribution in [0.4, 0.5) is 17.2 Å². The minimum atomic E-state index is -0.550. The molecule has 1 heterocycles. The fraction of sp³-hybridized carbons (Fsp3) is 0.174. The summed E-state index contributed by atoms with van der Waals surface area (Å²) in [7, 11) is 3.42. The average Bonchev–Trinajstić information content (AvgIpc) is 2.73. The SMILES string of the molecule is C.CN(C)C(=O)c1ccc(Nc2cc(NCc3ccccc3)c(C(N)=O)cn2)cc1. The number of aromatic nitrogens is 1. The molecule has 0 atom stereocenters. The van der Waals surface area contributed by atoms with E-state index in [1.165, 1.54) is 11.1 Å². The molecule has 0 aliphatic carbocycles. The second kappa shape index (κ2) is 10.1. The van der Waals surface area contributed by atoms with Crippen LogP contribution in [0.1, 0.15) is 33.7 Å². The third-order valence-electron chi connectivity index (χ3n) is 4.31. The van der Waals surface area contributed by atoms with E-state index in [0.29, 0.717) is 29.2 Å². The van der Waals surface area contributed by atoms with Crippen LogP contribution in [0.15, 0.2) is 66.9 Å². The van der Waals surface area contributed by atoms with Crippen molar-refractivity contribution in [2.75, 3.05) is 24.7 Å². The van der Waals surface area contributed by atoms with Crippen molar-refractivity contribution in [3.05, 3.63) is 83.6 Å². The first kappa shape index (κ1) is 22.4. The van der Waals surface area contributed by atoms with Gasteiger partial charge >= 0.3 is 0 Å². The molecule has 7 nitrogen and oxygen atoms in total. The Morgan fingerprint density at radius 2 is 1.70 bits per heavy atom. The van der Waals surface area contributed by atoms with Crippen LogP contribution in [0.25, 0.3) is 0 Å². The molecule has 0 unspecified atom stereocenters. The van der Waals surface area contributed by atoms with Crippen LogP contribution in [0, 0.1) is 0 Å². The number of primary amides is 1. The predicted octanol–water partition coefficient (Wildman–Crippen LogP) is 3.87. The maximum Gasteiger partial charge on any atom is 0.253 e. The minimum absolute atomic E-state index is 0. The highest BCUT2D eigenvalue weighted by molar-refractivity contribution is 5.98. The van der Waals surface area contributed by atoms with Gasteiger partial charge in [-0.1, -0.05) is 37.8 Å². The number of nitrogens with two attached hydrogens (primary N) is 1. The summed E-state index contributed by atoms with van der Waals surface area (Å²) in [5, 5.41) is 6.42. The quantitative estimate of drug-likeness (QED) is 0.554. The van der Waals surface area contributed by atoms with E-state index in [0.717, 1.165) is 11.3 Å². The van der Waals surface area contributed by atoms with Crippen LogP contribution in [0.5, 0.6) is 0 Å². The Morgan fingerprint density at radius 1 is 1.03 bits per heavy atom. The van der Waals surface area contributed by atoms with Gasteiger partial charge in [0, 0.05) is 44.2 Å². The fourth-order valence-electron chi connectivity index (χ4n) is 2.76. The molecular formula is C23H27N5O2. The molecular weight excluding hydrogens is 378 g/mol. The first-order chi connectivity index (χ1) is 13.9. The third kappa shape index (κ3) is 5.57. The molecule has 0 aliphatic heterocycles. The van der Waals surface area contributed by atoms with Crippen LogP contribution in [-0.2, 0) is 6.54 Å². The zero-order valence-corrected chi connectivity index (χ0v) is 16.3. The highest BCUT2D eigenvalue weighted by atomic mass is 16.2. The summed E-state index contributed by atoms with van der Waals surface area (Å²) in [5.74, 6) is -0.0590. The van der Waals surface area contributed by atoms with Gasteiger partial charge in [0.25, 0.3) is 11.8 Å². The van der Waals surface area contributed by atoms with Crippen molar-refractivity contribution in [2.24, 2.45) is 5.73 Å². The van der Waals surface area contributed by atoms with Gasteiger partial charge in [-0.15, -0.1) is 0 Å². The van der Waals surface area contributed by atoms with Crippen molar-refractivity contribution < 1.29 is 9.59 Å². The van der Waals surface area contributed by atoms with Crippen molar-refractivity contribution >= 4 is 29.0 Å². The number of hydrogen-bond donors (Lipinski definition) is 3. The fourth-order valence-corrected chi connectivity index (χ4v) is 2.76. The van der Waals surface area contributed by atoms with Gasteiger partial charge in [-0.05, 0) is 29.8 Å². The molecule has 3 rings (SSSR count). The van der Waals surface area contributed by atoms with E-state index in [1.54, 1.807) is 44.4 Å². The lowest BCUT2D eigenvalue weighted by Crippen LogP contribution is -2.21. The number of benzene rings is 2. The lowest BCUT2D eigenvalue weighted by atomic mass is 10.1. The number of carbonyl (C=O) groups is 2. The largest absolute Gasteiger partial charge is 0.380 e. The zero-order chi connectivity index (χ0) is 20.8. The van der Waals surface area contributed by atoms with Crippen molar-refractivity contribution in [2.45, 2.75) is 14.0 Å². The molecule has 1 aromatic heterocycles. The molecule has 0 saturated heterocycles. The van der Waals surface area contributed by atoms with Gasteiger partial charge in [0.15, 0.2) is 0 Å². The number of anilines is 3. The summed E-state index contributed by atoms with van der Waals surface area (Å²) in [4.78, 5) is 29.5. The molecule has 0 spiro atoms. The van der Waals surface area contributed by atoms with Crippen LogP contribution in [0.2, 0.25) is 0 Å². The van der Waals surface area contributed by atoms with Crippen molar-refractivity contribution in [3.63, 3.8) is 0 Å². The molecule has 2 aromatic carbocycles. The Kier molecular flexibility index (Phi) is 7.52. The molecule has 0 saturated carbocycles. The van der Waals surface area contributed by atoms with E-state index in [4.69, 9.17) is 5.73 Å². The van der Waals surface area contributed by atoms with Gasteiger partial charge in [-0.2, -0.15) is 0 Å². The number of hydrogen-bond acceptors (Lipinski definition) is 5. The van der Waals surface area contributed by atoms with E-state index in [2.05, 4.69) is 15.6 Å². The maximum atomic E-state index is 12.0. The topological polar surface area (TPSA) is 100 Å². The zero-order valence-electron chi connectivity index (χ0n) is 16.3. The average molecular weight is 406 g/mol. The molecule has 0 radical (unpaired) electrons. The highest BCUT2D eigenvalue weighted by Gasteiger charge is 2.11. The number of nitrogens with one attached hydrogen (secondary N) is 2. The van der Waals surface area contributed by atoms with Gasteiger partial charge in [0.2, 0.25) is 0 Å². The third-order valence-corrected chi connectivity index (χ3v) is 4.31. The summed E-state index contributed by atoms with van der Waals surface area (Å²) < 4.78 is 0. The van der Waals surface area contributed by atoms with Crippen LogP contribution >= 0.6 is 0 Å². The molecule has 156 valence electrons. The van der Waals surface area contributed by atoms with Gasteiger partial charge in [-0.3, -0.25) is 9.59 Å². The first-order valence-corrected chi connectivity index (χ1v) is 9.10. The predicted molar refractivity (Wildman–Crippen MR) is 121 cm³/mol.